The fourth-order valence-corrected chi connectivity index (χ4v) is 2.32. The fourth-order valence-electron chi connectivity index (χ4n) is 2.15. The Morgan fingerprint density at radius 3 is 2.74 bits per heavy atom. The van der Waals surface area contributed by atoms with Gasteiger partial charge in [0, 0.05) is 23.7 Å². The van der Waals surface area contributed by atoms with Crippen LogP contribution < -0.4 is 15.4 Å². The first-order valence-electron chi connectivity index (χ1n) is 7.62. The summed E-state index contributed by atoms with van der Waals surface area (Å²) in [6.45, 7) is 5.00. The molecule has 2 aromatic carbocycles. The number of hydrogen-bond acceptors (Lipinski definition) is 3. The van der Waals surface area contributed by atoms with Crippen LogP contribution in [0.25, 0.3) is 0 Å². The Morgan fingerprint density at radius 1 is 1.17 bits per heavy atom. The van der Waals surface area contributed by atoms with Crippen molar-refractivity contribution in [2.24, 2.45) is 0 Å². The molecular weight excluding hydrogens is 312 g/mol. The van der Waals surface area contributed by atoms with Gasteiger partial charge in [0.1, 0.15) is 5.75 Å². The molecule has 0 aromatic heterocycles. The zero-order valence-electron chi connectivity index (χ0n) is 13.4. The first kappa shape index (κ1) is 17.2. The van der Waals surface area contributed by atoms with Crippen LogP contribution in [0.4, 0.5) is 11.4 Å². The van der Waals surface area contributed by atoms with Gasteiger partial charge in [0.2, 0.25) is 5.91 Å². The summed E-state index contributed by atoms with van der Waals surface area (Å²) in [5.41, 5.74) is 2.62. The molecule has 2 N–H and O–H groups in total. The fraction of sp³-hybridized carbons (Fsp3) is 0.278. The lowest BCUT2D eigenvalue weighted by Crippen LogP contribution is -2.17. The van der Waals surface area contributed by atoms with Gasteiger partial charge in [-0.15, -0.1) is 0 Å². The Labute approximate surface area is 141 Å². The Kier molecular flexibility index (Phi) is 6.29. The number of rotatable bonds is 7. The van der Waals surface area contributed by atoms with Crippen LogP contribution in [0.3, 0.4) is 0 Å². The van der Waals surface area contributed by atoms with Gasteiger partial charge >= 0.3 is 0 Å². The van der Waals surface area contributed by atoms with Crippen LogP contribution in [0.5, 0.6) is 5.75 Å². The van der Waals surface area contributed by atoms with Gasteiger partial charge in [0.05, 0.1) is 12.3 Å². The minimum Gasteiger partial charge on any atom is -0.492 e. The standard InChI is InChI=1S/C18H21ClN2O2/c1-3-23-17-7-5-4-6-15(17)20-11-10-18(22)21-16-12-14(19)9-8-13(16)2/h4-9,12,20H,3,10-11H2,1-2H3,(H,21,22). The minimum absolute atomic E-state index is 0.0586. The molecule has 0 aliphatic rings. The Bertz CT molecular complexity index is 674. The molecule has 0 unspecified atom stereocenters. The maximum absolute atomic E-state index is 12.1. The summed E-state index contributed by atoms with van der Waals surface area (Å²) in [5, 5.41) is 6.72. The molecule has 0 saturated heterocycles. The summed E-state index contributed by atoms with van der Waals surface area (Å²) in [6, 6.07) is 13.1. The predicted molar refractivity (Wildman–Crippen MR) is 95.5 cm³/mol. The highest BCUT2D eigenvalue weighted by Gasteiger charge is 2.07. The van der Waals surface area contributed by atoms with Crippen LogP contribution in [-0.2, 0) is 4.79 Å². The van der Waals surface area contributed by atoms with Crippen molar-refractivity contribution in [3.05, 3.63) is 53.1 Å². The molecule has 23 heavy (non-hydrogen) atoms. The molecule has 0 saturated carbocycles. The Morgan fingerprint density at radius 2 is 1.96 bits per heavy atom. The zero-order chi connectivity index (χ0) is 16.7. The van der Waals surface area contributed by atoms with E-state index in [4.69, 9.17) is 16.3 Å². The van der Waals surface area contributed by atoms with Crippen molar-refractivity contribution in [2.45, 2.75) is 20.3 Å². The van der Waals surface area contributed by atoms with Crippen LogP contribution in [0.1, 0.15) is 18.9 Å². The number of anilines is 2. The second-order valence-electron chi connectivity index (χ2n) is 5.11. The van der Waals surface area contributed by atoms with Crippen LogP contribution in [0.2, 0.25) is 5.02 Å². The molecule has 0 atom stereocenters. The SMILES string of the molecule is CCOc1ccccc1NCCC(=O)Nc1cc(Cl)ccc1C. The van der Waals surface area contributed by atoms with Crippen molar-refractivity contribution in [1.82, 2.24) is 0 Å². The number of carbonyl (C=O) groups is 1. The summed E-state index contributed by atoms with van der Waals surface area (Å²) < 4.78 is 5.54. The Hall–Kier alpha value is -2.20. The lowest BCUT2D eigenvalue weighted by atomic mass is 10.2. The van der Waals surface area contributed by atoms with Gasteiger partial charge in [-0.25, -0.2) is 0 Å². The molecule has 0 spiro atoms. The van der Waals surface area contributed by atoms with Crippen LogP contribution in [0, 0.1) is 6.92 Å². The number of halogens is 1. The summed E-state index contributed by atoms with van der Waals surface area (Å²) >= 11 is 5.95. The van der Waals surface area contributed by atoms with Crippen molar-refractivity contribution in [1.29, 1.82) is 0 Å². The van der Waals surface area contributed by atoms with Crippen molar-refractivity contribution in [3.8, 4) is 5.75 Å². The molecule has 0 radical (unpaired) electrons. The van der Waals surface area contributed by atoms with Crippen LogP contribution in [-0.4, -0.2) is 19.1 Å². The monoisotopic (exact) mass is 332 g/mol. The van der Waals surface area contributed by atoms with Gasteiger partial charge in [0.25, 0.3) is 0 Å². The summed E-state index contributed by atoms with van der Waals surface area (Å²) in [7, 11) is 0. The quantitative estimate of drug-likeness (QED) is 0.785. The predicted octanol–water partition coefficient (Wildman–Crippen LogP) is 4.49. The van der Waals surface area contributed by atoms with Gasteiger partial charge in [0.15, 0.2) is 0 Å². The average molecular weight is 333 g/mol. The number of carbonyl (C=O) groups excluding carboxylic acids is 1. The van der Waals surface area contributed by atoms with Crippen molar-refractivity contribution in [3.63, 3.8) is 0 Å². The van der Waals surface area contributed by atoms with Crippen molar-refractivity contribution in [2.75, 3.05) is 23.8 Å². The highest BCUT2D eigenvalue weighted by atomic mass is 35.5. The number of aryl methyl sites for hydroxylation is 1. The molecule has 0 bridgehead atoms. The molecular formula is C18H21ClN2O2. The lowest BCUT2D eigenvalue weighted by molar-refractivity contribution is -0.115. The molecule has 5 heteroatoms. The molecule has 0 aliphatic heterocycles. The van der Waals surface area contributed by atoms with Crippen molar-refractivity contribution < 1.29 is 9.53 Å². The third kappa shape index (κ3) is 5.18. The summed E-state index contributed by atoms with van der Waals surface area (Å²) in [6.07, 6.45) is 0.354. The van der Waals surface area contributed by atoms with E-state index in [0.29, 0.717) is 24.6 Å². The highest BCUT2D eigenvalue weighted by molar-refractivity contribution is 6.31. The third-order valence-corrected chi connectivity index (χ3v) is 3.56. The molecule has 2 aromatic rings. The normalized spacial score (nSPS) is 10.2. The summed E-state index contributed by atoms with van der Waals surface area (Å²) in [4.78, 5) is 12.1. The van der Waals surface area contributed by atoms with E-state index in [-0.39, 0.29) is 5.91 Å². The average Bonchev–Trinajstić information content (AvgIpc) is 2.53. The maximum Gasteiger partial charge on any atom is 0.226 e. The van der Waals surface area contributed by atoms with E-state index in [1.54, 1.807) is 12.1 Å². The molecule has 0 aliphatic carbocycles. The van der Waals surface area contributed by atoms with Crippen molar-refractivity contribution >= 4 is 28.9 Å². The van der Waals surface area contributed by atoms with Gasteiger partial charge in [-0.1, -0.05) is 29.8 Å². The number of ether oxygens (including phenoxy) is 1. The number of hydrogen-bond donors (Lipinski definition) is 2. The second kappa shape index (κ2) is 8.44. The topological polar surface area (TPSA) is 50.4 Å². The van der Waals surface area contributed by atoms with Gasteiger partial charge < -0.3 is 15.4 Å². The third-order valence-electron chi connectivity index (χ3n) is 3.33. The first-order valence-corrected chi connectivity index (χ1v) is 7.99. The van der Waals surface area contributed by atoms with Crippen LogP contribution in [0.15, 0.2) is 42.5 Å². The van der Waals surface area contributed by atoms with Crippen LogP contribution >= 0.6 is 11.6 Å². The molecule has 1 amide bonds. The number of amides is 1. The van der Waals surface area contributed by atoms with Gasteiger partial charge in [-0.3, -0.25) is 4.79 Å². The summed E-state index contributed by atoms with van der Waals surface area (Å²) in [5.74, 6) is 0.734. The maximum atomic E-state index is 12.1. The smallest absolute Gasteiger partial charge is 0.226 e. The first-order chi connectivity index (χ1) is 11.1. The van der Waals surface area contributed by atoms with Gasteiger partial charge in [-0.2, -0.15) is 0 Å². The van der Waals surface area contributed by atoms with E-state index < -0.39 is 0 Å². The van der Waals surface area contributed by atoms with E-state index in [1.165, 1.54) is 0 Å². The number of benzene rings is 2. The zero-order valence-corrected chi connectivity index (χ0v) is 14.1. The molecule has 0 fully saturated rings. The Balaban J connectivity index is 1.87. The largest absolute Gasteiger partial charge is 0.492 e. The van der Waals surface area contributed by atoms with Gasteiger partial charge in [-0.05, 0) is 43.7 Å². The number of nitrogens with one attached hydrogen (secondary N) is 2. The lowest BCUT2D eigenvalue weighted by Gasteiger charge is -2.12. The highest BCUT2D eigenvalue weighted by Crippen LogP contribution is 2.23. The molecule has 122 valence electrons. The molecule has 0 heterocycles. The molecule has 4 nitrogen and oxygen atoms in total. The van der Waals surface area contributed by atoms with E-state index >= 15 is 0 Å². The van der Waals surface area contributed by atoms with E-state index in [2.05, 4.69) is 10.6 Å². The second-order valence-corrected chi connectivity index (χ2v) is 5.55. The van der Waals surface area contributed by atoms with E-state index in [0.717, 1.165) is 22.7 Å². The number of para-hydroxylation sites is 2. The van der Waals surface area contributed by atoms with E-state index in [1.807, 2.05) is 44.2 Å². The molecule has 2 rings (SSSR count). The van der Waals surface area contributed by atoms with E-state index in [9.17, 15) is 4.79 Å². The minimum atomic E-state index is -0.0586.